The van der Waals surface area contributed by atoms with Crippen molar-refractivity contribution < 1.29 is 0 Å². The molecule has 1 aromatic carbocycles. The molecular formula is C18H25N2P. The van der Waals surface area contributed by atoms with Gasteiger partial charge in [-0.05, 0) is 61.2 Å². The lowest BCUT2D eigenvalue weighted by Crippen LogP contribution is -2.14. The lowest BCUT2D eigenvalue weighted by molar-refractivity contribution is 0.875. The van der Waals surface area contributed by atoms with Crippen LogP contribution in [0, 0.1) is 0 Å². The Morgan fingerprint density at radius 1 is 1.19 bits per heavy atom. The molecule has 2 aromatic rings. The van der Waals surface area contributed by atoms with E-state index in [4.69, 9.17) is 4.98 Å². The largest absolute Gasteiger partial charge is 0.367 e. The molecule has 1 heterocycles. The number of rotatable bonds is 4. The second-order valence-corrected chi connectivity index (χ2v) is 10.8. The summed E-state index contributed by atoms with van der Waals surface area (Å²) in [5, 5.41) is 6.22. The molecule has 3 heteroatoms. The van der Waals surface area contributed by atoms with Gasteiger partial charge in [-0.15, -0.1) is 0 Å². The highest BCUT2D eigenvalue weighted by Crippen LogP contribution is 2.40. The Morgan fingerprint density at radius 3 is 2.48 bits per heavy atom. The third-order valence-corrected chi connectivity index (χ3v) is 5.74. The van der Waals surface area contributed by atoms with Crippen molar-refractivity contribution in [3.63, 3.8) is 0 Å². The van der Waals surface area contributed by atoms with Crippen LogP contribution in [-0.4, -0.2) is 30.7 Å². The van der Waals surface area contributed by atoms with E-state index in [1.807, 2.05) is 0 Å². The summed E-state index contributed by atoms with van der Waals surface area (Å²) in [6, 6.07) is 9.43. The predicted molar refractivity (Wildman–Crippen MR) is 98.0 cm³/mol. The molecule has 0 spiro atoms. The third-order valence-electron chi connectivity index (χ3n) is 4.03. The van der Waals surface area contributed by atoms with Crippen LogP contribution in [0.15, 0.2) is 24.3 Å². The van der Waals surface area contributed by atoms with Crippen LogP contribution in [0.2, 0.25) is 0 Å². The summed E-state index contributed by atoms with van der Waals surface area (Å²) in [5.41, 5.74) is 2.53. The molecule has 112 valence electrons. The molecule has 2 nitrogen and oxygen atoms in total. The van der Waals surface area contributed by atoms with E-state index in [1.165, 1.54) is 29.1 Å². The van der Waals surface area contributed by atoms with Gasteiger partial charge in [0.25, 0.3) is 0 Å². The van der Waals surface area contributed by atoms with Gasteiger partial charge in [0.1, 0.15) is 5.82 Å². The number of fused-ring (bicyclic) bond motifs is 1. The highest BCUT2D eigenvalue weighted by molar-refractivity contribution is 7.79. The summed E-state index contributed by atoms with van der Waals surface area (Å²) in [6.07, 6.45) is 7.03. The summed E-state index contributed by atoms with van der Waals surface area (Å²) in [5.74, 6) is 1.53. The molecule has 0 bridgehead atoms. The van der Waals surface area contributed by atoms with Crippen molar-refractivity contribution in [1.82, 2.24) is 4.98 Å². The normalized spacial score (nSPS) is 15.7. The highest BCUT2D eigenvalue weighted by atomic mass is 31.2. The smallest absolute Gasteiger partial charge is 0.126 e. The first-order valence-corrected chi connectivity index (χ1v) is 10.6. The van der Waals surface area contributed by atoms with E-state index in [2.05, 4.69) is 63.1 Å². The maximum Gasteiger partial charge on any atom is 0.126 e. The minimum atomic E-state index is -1.35. The lowest BCUT2D eigenvalue weighted by Gasteiger charge is -2.23. The maximum absolute atomic E-state index is 4.81. The van der Waals surface area contributed by atoms with Gasteiger partial charge >= 0.3 is 0 Å². The molecule has 1 N–H and O–H groups in total. The first kappa shape index (κ1) is 14.7. The van der Waals surface area contributed by atoms with Crippen LogP contribution in [0.3, 0.4) is 0 Å². The van der Waals surface area contributed by atoms with Crippen molar-refractivity contribution in [2.45, 2.75) is 38.6 Å². The van der Waals surface area contributed by atoms with Gasteiger partial charge in [-0.3, -0.25) is 0 Å². The SMILES string of the molecule is C=P(C)(C)c1c(C(C)C)ccc2nc(NC3CC3)ccc12. The van der Waals surface area contributed by atoms with Crippen LogP contribution in [0.4, 0.5) is 5.82 Å². The molecule has 0 amide bonds. The number of pyridine rings is 1. The van der Waals surface area contributed by atoms with E-state index in [0.717, 1.165) is 11.3 Å². The van der Waals surface area contributed by atoms with E-state index in [0.29, 0.717) is 12.0 Å². The van der Waals surface area contributed by atoms with Crippen molar-refractivity contribution in [1.29, 1.82) is 0 Å². The molecule has 21 heavy (non-hydrogen) atoms. The average Bonchev–Trinajstić information content (AvgIpc) is 3.19. The van der Waals surface area contributed by atoms with Gasteiger partial charge in [-0.25, -0.2) is 4.98 Å². The Hall–Kier alpha value is -1.27. The standard InChI is InChI=1S/C18H25N2P/c1-12(2)14-8-10-16-15(18(14)21(3,4)5)9-11-17(20-16)19-13-6-7-13/h8-13H,3,6-7H2,1-2,4-5H3,(H,19,20). The topological polar surface area (TPSA) is 24.9 Å². The summed E-state index contributed by atoms with van der Waals surface area (Å²) < 4.78 is 0. The zero-order valence-corrected chi connectivity index (χ0v) is 14.4. The first-order valence-electron chi connectivity index (χ1n) is 7.75. The fourth-order valence-corrected chi connectivity index (χ4v) is 4.74. The van der Waals surface area contributed by atoms with Crippen molar-refractivity contribution in [3.05, 3.63) is 29.8 Å². The maximum atomic E-state index is 4.81. The van der Waals surface area contributed by atoms with Crippen molar-refractivity contribution >= 4 is 35.2 Å². The van der Waals surface area contributed by atoms with Crippen LogP contribution in [-0.2, 0) is 0 Å². The lowest BCUT2D eigenvalue weighted by atomic mass is 10.0. The number of hydrogen-bond donors (Lipinski definition) is 1. The zero-order valence-electron chi connectivity index (χ0n) is 13.5. The summed E-state index contributed by atoms with van der Waals surface area (Å²) in [7, 11) is 0. The third kappa shape index (κ3) is 3.01. The molecule has 1 fully saturated rings. The molecule has 0 aliphatic heterocycles. The van der Waals surface area contributed by atoms with Crippen molar-refractivity contribution in [2.24, 2.45) is 0 Å². The Balaban J connectivity index is 2.17. The van der Waals surface area contributed by atoms with E-state index < -0.39 is 6.89 Å². The predicted octanol–water partition coefficient (Wildman–Crippen LogP) is 4.27. The molecule has 0 saturated heterocycles. The van der Waals surface area contributed by atoms with Crippen LogP contribution >= 0.6 is 6.89 Å². The van der Waals surface area contributed by atoms with Gasteiger partial charge < -0.3 is 5.32 Å². The van der Waals surface area contributed by atoms with E-state index in [9.17, 15) is 0 Å². The van der Waals surface area contributed by atoms with Crippen LogP contribution in [0.5, 0.6) is 0 Å². The Bertz CT molecular complexity index is 723. The minimum absolute atomic E-state index is 0.523. The molecule has 3 rings (SSSR count). The number of anilines is 1. The van der Waals surface area contributed by atoms with Gasteiger partial charge in [-0.1, -0.05) is 33.1 Å². The number of aromatic nitrogens is 1. The van der Waals surface area contributed by atoms with Gasteiger partial charge in [-0.2, -0.15) is 0 Å². The van der Waals surface area contributed by atoms with Crippen molar-refractivity contribution in [3.8, 4) is 0 Å². The van der Waals surface area contributed by atoms with E-state index in [-0.39, 0.29) is 0 Å². The van der Waals surface area contributed by atoms with E-state index in [1.54, 1.807) is 0 Å². The highest BCUT2D eigenvalue weighted by Gasteiger charge is 2.22. The van der Waals surface area contributed by atoms with Gasteiger partial charge in [0.15, 0.2) is 0 Å². The van der Waals surface area contributed by atoms with Crippen molar-refractivity contribution in [2.75, 3.05) is 18.6 Å². The first-order chi connectivity index (χ1) is 9.86. The van der Waals surface area contributed by atoms with Gasteiger partial charge in [0, 0.05) is 11.4 Å². The molecular weight excluding hydrogens is 275 g/mol. The molecule has 0 radical (unpaired) electrons. The number of benzene rings is 1. The summed E-state index contributed by atoms with van der Waals surface area (Å²) in [6.45, 7) is 7.77. The zero-order chi connectivity index (χ0) is 15.2. The number of nitrogens with zero attached hydrogens (tertiary/aromatic N) is 1. The number of nitrogens with one attached hydrogen (secondary N) is 1. The Kier molecular flexibility index (Phi) is 3.61. The summed E-state index contributed by atoms with van der Waals surface area (Å²) >= 11 is 0. The van der Waals surface area contributed by atoms with Crippen LogP contribution in [0.1, 0.15) is 38.2 Å². The second kappa shape index (κ2) is 5.18. The van der Waals surface area contributed by atoms with Crippen LogP contribution < -0.4 is 10.6 Å². The van der Waals surface area contributed by atoms with Gasteiger partial charge in [0.2, 0.25) is 0 Å². The number of hydrogen-bond acceptors (Lipinski definition) is 2. The molecule has 0 unspecified atom stereocenters. The van der Waals surface area contributed by atoms with Gasteiger partial charge in [0.05, 0.1) is 5.52 Å². The Labute approximate surface area is 128 Å². The average molecular weight is 300 g/mol. The summed E-state index contributed by atoms with van der Waals surface area (Å²) in [4.78, 5) is 4.81. The molecule has 0 atom stereocenters. The Morgan fingerprint density at radius 2 is 1.90 bits per heavy atom. The molecule has 1 aliphatic carbocycles. The molecule has 1 aromatic heterocycles. The minimum Gasteiger partial charge on any atom is -0.367 e. The fraction of sp³-hybridized carbons (Fsp3) is 0.444. The molecule has 1 saturated carbocycles. The molecule has 1 aliphatic rings. The monoisotopic (exact) mass is 300 g/mol. The quantitative estimate of drug-likeness (QED) is 0.853. The van der Waals surface area contributed by atoms with Crippen LogP contribution in [0.25, 0.3) is 10.9 Å². The fourth-order valence-electron chi connectivity index (χ4n) is 2.86. The van der Waals surface area contributed by atoms with E-state index >= 15 is 0 Å². The second-order valence-electron chi connectivity index (χ2n) is 7.02.